The van der Waals surface area contributed by atoms with Gasteiger partial charge in [0.1, 0.15) is 0 Å². The van der Waals surface area contributed by atoms with Crippen molar-refractivity contribution in [1.29, 1.82) is 0 Å². The van der Waals surface area contributed by atoms with Crippen molar-refractivity contribution in [2.24, 2.45) is 11.3 Å². The second-order valence-corrected chi connectivity index (χ2v) is 9.90. The van der Waals surface area contributed by atoms with Crippen LogP contribution in [0.2, 0.25) is 0 Å². The van der Waals surface area contributed by atoms with Gasteiger partial charge >= 0.3 is 0 Å². The number of piperidine rings is 1. The van der Waals surface area contributed by atoms with Crippen LogP contribution in [0.1, 0.15) is 67.5 Å². The lowest BCUT2D eigenvalue weighted by molar-refractivity contribution is -0.146. The summed E-state index contributed by atoms with van der Waals surface area (Å²) < 4.78 is 2.10. The van der Waals surface area contributed by atoms with E-state index in [0.29, 0.717) is 30.6 Å². The predicted molar refractivity (Wildman–Crippen MR) is 119 cm³/mol. The van der Waals surface area contributed by atoms with Crippen LogP contribution in [0.5, 0.6) is 0 Å². The summed E-state index contributed by atoms with van der Waals surface area (Å²) in [7, 11) is 0. The number of likely N-dealkylation sites (tertiary alicyclic amines) is 2. The van der Waals surface area contributed by atoms with Gasteiger partial charge in [-0.25, -0.2) is 4.98 Å². The Morgan fingerprint density at radius 2 is 2.00 bits per heavy atom. The number of hydrogen-bond donors (Lipinski definition) is 0. The molecule has 1 spiro atoms. The number of carbonyl (C=O) groups excluding carboxylic acids is 2. The molecule has 3 heterocycles. The fourth-order valence-electron chi connectivity index (χ4n) is 5.39. The second-order valence-electron chi connectivity index (χ2n) is 9.90. The highest BCUT2D eigenvalue weighted by molar-refractivity contribution is 5.96. The first kappa shape index (κ1) is 20.3. The molecule has 2 saturated heterocycles. The summed E-state index contributed by atoms with van der Waals surface area (Å²) >= 11 is 0. The summed E-state index contributed by atoms with van der Waals surface area (Å²) in [5, 5.41) is 0. The van der Waals surface area contributed by atoms with E-state index < -0.39 is 5.41 Å². The summed E-state index contributed by atoms with van der Waals surface area (Å²) in [5.41, 5.74) is 1.07. The molecule has 0 N–H and O–H groups in total. The minimum Gasteiger partial charge on any atom is -0.342 e. The average Bonchev–Trinajstić information content (AvgIpc) is 3.31. The highest BCUT2D eigenvalue weighted by Crippen LogP contribution is 2.50. The van der Waals surface area contributed by atoms with Crippen LogP contribution < -0.4 is 0 Å². The molecule has 1 saturated carbocycles. The zero-order chi connectivity index (χ0) is 21.6. The molecule has 1 aliphatic carbocycles. The van der Waals surface area contributed by atoms with Gasteiger partial charge in [0.25, 0.3) is 5.91 Å². The fraction of sp³-hybridized carbons (Fsp3) is 0.560. The Balaban J connectivity index is 1.49. The average molecular weight is 421 g/mol. The normalized spacial score (nSPS) is 26.3. The van der Waals surface area contributed by atoms with Crippen LogP contribution in [0.4, 0.5) is 0 Å². The van der Waals surface area contributed by atoms with Gasteiger partial charge in [0.2, 0.25) is 5.91 Å². The molecule has 164 valence electrons. The topological polar surface area (TPSA) is 58.4 Å². The van der Waals surface area contributed by atoms with E-state index in [9.17, 15) is 9.59 Å². The molecule has 6 heteroatoms. The molecule has 2 aromatic rings. The van der Waals surface area contributed by atoms with E-state index in [4.69, 9.17) is 4.98 Å². The van der Waals surface area contributed by atoms with Crippen molar-refractivity contribution >= 4 is 11.8 Å². The third-order valence-electron chi connectivity index (χ3n) is 7.37. The molecule has 31 heavy (non-hydrogen) atoms. The summed E-state index contributed by atoms with van der Waals surface area (Å²) in [5.74, 6) is 0.854. The number of benzene rings is 1. The van der Waals surface area contributed by atoms with Crippen LogP contribution in [0.15, 0.2) is 42.9 Å². The number of carbonyl (C=O) groups is 2. The van der Waals surface area contributed by atoms with Gasteiger partial charge in [0, 0.05) is 49.9 Å². The lowest BCUT2D eigenvalue weighted by Crippen LogP contribution is -2.52. The molecular formula is C25H32N4O2. The molecule has 2 atom stereocenters. The Bertz CT molecular complexity index is 965. The summed E-state index contributed by atoms with van der Waals surface area (Å²) in [6.07, 6.45) is 8.23. The Kier molecular flexibility index (Phi) is 5.11. The van der Waals surface area contributed by atoms with Crippen LogP contribution in [0, 0.1) is 11.3 Å². The number of hydrogen-bond acceptors (Lipinski definition) is 3. The van der Waals surface area contributed by atoms with E-state index in [-0.39, 0.29) is 17.7 Å². The van der Waals surface area contributed by atoms with Crippen molar-refractivity contribution < 1.29 is 9.59 Å². The molecule has 0 bridgehead atoms. The van der Waals surface area contributed by atoms with Crippen molar-refractivity contribution in [2.75, 3.05) is 26.2 Å². The maximum atomic E-state index is 13.9. The largest absolute Gasteiger partial charge is 0.342 e. The molecule has 2 aliphatic heterocycles. The lowest BCUT2D eigenvalue weighted by atomic mass is 9.70. The molecule has 3 fully saturated rings. The maximum absolute atomic E-state index is 13.9. The Morgan fingerprint density at radius 3 is 2.68 bits per heavy atom. The summed E-state index contributed by atoms with van der Waals surface area (Å²) in [6, 6.07) is 9.74. The summed E-state index contributed by atoms with van der Waals surface area (Å²) in [4.78, 5) is 35.9. The van der Waals surface area contributed by atoms with E-state index in [0.717, 1.165) is 31.6 Å². The van der Waals surface area contributed by atoms with E-state index in [1.165, 1.54) is 12.8 Å². The smallest absolute Gasteiger partial charge is 0.253 e. The summed E-state index contributed by atoms with van der Waals surface area (Å²) in [6.45, 7) is 7.01. The number of nitrogens with zero attached hydrogens (tertiary/aromatic N) is 4. The SMILES string of the molecule is CC(C)n1cnc([C@@H]2CN(C(=O)c3ccccc3)C[C@@]23CCCN(CC2CC2)C3=O)c1. The van der Waals surface area contributed by atoms with Crippen molar-refractivity contribution in [3.05, 3.63) is 54.1 Å². The molecular weight excluding hydrogens is 388 g/mol. The van der Waals surface area contributed by atoms with Gasteiger partial charge in [-0.05, 0) is 57.6 Å². The zero-order valence-corrected chi connectivity index (χ0v) is 18.5. The number of amides is 2. The fourth-order valence-corrected chi connectivity index (χ4v) is 5.39. The Hall–Kier alpha value is -2.63. The van der Waals surface area contributed by atoms with Crippen LogP contribution in [-0.4, -0.2) is 57.3 Å². The van der Waals surface area contributed by atoms with Crippen LogP contribution in [0.25, 0.3) is 0 Å². The molecule has 5 rings (SSSR count). The van der Waals surface area contributed by atoms with Gasteiger partial charge in [-0.2, -0.15) is 0 Å². The molecule has 1 aromatic heterocycles. The first-order chi connectivity index (χ1) is 15.0. The van der Waals surface area contributed by atoms with Gasteiger partial charge in [-0.3, -0.25) is 9.59 Å². The van der Waals surface area contributed by atoms with E-state index >= 15 is 0 Å². The van der Waals surface area contributed by atoms with Crippen LogP contribution >= 0.6 is 0 Å². The molecule has 6 nitrogen and oxygen atoms in total. The highest BCUT2D eigenvalue weighted by Gasteiger charge is 2.57. The van der Waals surface area contributed by atoms with E-state index in [1.807, 2.05) is 41.6 Å². The predicted octanol–water partition coefficient (Wildman–Crippen LogP) is 3.72. The maximum Gasteiger partial charge on any atom is 0.253 e. The molecule has 3 aliphatic rings. The van der Waals surface area contributed by atoms with Crippen molar-refractivity contribution in [3.8, 4) is 0 Å². The highest BCUT2D eigenvalue weighted by atomic mass is 16.2. The molecule has 0 unspecified atom stereocenters. The van der Waals surface area contributed by atoms with Crippen LogP contribution in [-0.2, 0) is 4.79 Å². The van der Waals surface area contributed by atoms with Crippen molar-refractivity contribution in [2.45, 2.75) is 51.5 Å². The third-order valence-corrected chi connectivity index (χ3v) is 7.37. The van der Waals surface area contributed by atoms with Crippen LogP contribution in [0.3, 0.4) is 0 Å². The van der Waals surface area contributed by atoms with Crippen molar-refractivity contribution in [1.82, 2.24) is 19.4 Å². The van der Waals surface area contributed by atoms with Gasteiger partial charge in [-0.15, -0.1) is 0 Å². The standard InChI is InChI=1S/C25H32N4O2/c1-18(2)29-15-22(26-17-29)21-14-28(23(30)20-7-4-3-5-8-20)16-25(21)11-6-12-27(24(25)31)13-19-9-10-19/h3-5,7-8,15,17-19,21H,6,9-14,16H2,1-2H3/t21-,25-/m0/s1. The van der Waals surface area contributed by atoms with Gasteiger partial charge in [0.05, 0.1) is 17.4 Å². The quantitative estimate of drug-likeness (QED) is 0.741. The minimum atomic E-state index is -0.562. The molecule has 0 radical (unpaired) electrons. The Morgan fingerprint density at radius 1 is 1.23 bits per heavy atom. The van der Waals surface area contributed by atoms with Gasteiger partial charge in [0.15, 0.2) is 0 Å². The lowest BCUT2D eigenvalue weighted by Gasteiger charge is -2.42. The number of imidazole rings is 1. The zero-order valence-electron chi connectivity index (χ0n) is 18.5. The first-order valence-electron chi connectivity index (χ1n) is 11.6. The Labute approximate surface area is 184 Å². The minimum absolute atomic E-state index is 0.0119. The second kappa shape index (κ2) is 7.81. The number of rotatable bonds is 5. The third kappa shape index (κ3) is 3.66. The van der Waals surface area contributed by atoms with E-state index in [1.54, 1.807) is 0 Å². The molecule has 1 aromatic carbocycles. The van der Waals surface area contributed by atoms with Gasteiger partial charge < -0.3 is 14.4 Å². The monoisotopic (exact) mass is 420 g/mol. The van der Waals surface area contributed by atoms with Gasteiger partial charge in [-0.1, -0.05) is 18.2 Å². The number of aromatic nitrogens is 2. The van der Waals surface area contributed by atoms with Crippen molar-refractivity contribution in [3.63, 3.8) is 0 Å². The van der Waals surface area contributed by atoms with E-state index in [2.05, 4.69) is 29.5 Å². The molecule has 2 amide bonds. The first-order valence-corrected chi connectivity index (χ1v) is 11.6.